The normalized spacial score (nSPS) is 10.3. The van der Waals surface area contributed by atoms with E-state index in [9.17, 15) is 0 Å². The Kier molecular flexibility index (Phi) is 4.11. The highest BCUT2D eigenvalue weighted by molar-refractivity contribution is 14.1. The zero-order chi connectivity index (χ0) is 10.7. The monoisotopic (exact) mass is 390 g/mol. The van der Waals surface area contributed by atoms with Crippen molar-refractivity contribution in [3.05, 3.63) is 56.6 Å². The van der Waals surface area contributed by atoms with E-state index >= 15 is 0 Å². The zero-order valence-corrected chi connectivity index (χ0v) is 12.3. The van der Waals surface area contributed by atoms with Crippen molar-refractivity contribution >= 4 is 50.3 Å². The largest absolute Gasteiger partial charge is 0.0901 e. The van der Waals surface area contributed by atoms with Gasteiger partial charge >= 0.3 is 0 Å². The van der Waals surface area contributed by atoms with E-state index in [1.54, 1.807) is 11.8 Å². The number of hydrogen-bond acceptors (Lipinski definition) is 1. The molecule has 0 bridgehead atoms. The second-order valence-electron chi connectivity index (χ2n) is 3.01. The molecule has 0 aliphatic carbocycles. The van der Waals surface area contributed by atoms with Crippen LogP contribution < -0.4 is 0 Å². The summed E-state index contributed by atoms with van der Waals surface area (Å²) in [5.41, 5.74) is 0. The summed E-state index contributed by atoms with van der Waals surface area (Å²) >= 11 is 7.53. The summed E-state index contributed by atoms with van der Waals surface area (Å²) in [7, 11) is 0. The predicted molar refractivity (Wildman–Crippen MR) is 77.4 cm³/mol. The predicted octanol–water partition coefficient (Wildman–Crippen LogP) is 5.20. The van der Waals surface area contributed by atoms with Gasteiger partial charge in [0.25, 0.3) is 0 Å². The molecule has 0 heterocycles. The second kappa shape index (κ2) is 5.37. The van der Waals surface area contributed by atoms with Crippen molar-refractivity contribution in [3.63, 3.8) is 0 Å². The molecule has 2 rings (SSSR count). The molecule has 0 nitrogen and oxygen atoms in total. The molecule has 2 aromatic carbocycles. The van der Waals surface area contributed by atoms with Crippen molar-refractivity contribution in [3.8, 4) is 0 Å². The molecule has 0 saturated heterocycles. The summed E-state index contributed by atoms with van der Waals surface area (Å²) in [5.74, 6) is 0. The van der Waals surface area contributed by atoms with Crippen LogP contribution in [0.15, 0.2) is 62.8 Å². The van der Waals surface area contributed by atoms with Gasteiger partial charge in [-0.3, -0.25) is 0 Å². The first-order valence-electron chi connectivity index (χ1n) is 4.43. The van der Waals surface area contributed by atoms with Gasteiger partial charge in [-0.15, -0.1) is 0 Å². The quantitative estimate of drug-likeness (QED) is 0.634. The Hall–Kier alpha value is -0.000000000000000111. The molecular formula is C12H8BrIS. The van der Waals surface area contributed by atoms with E-state index in [1.807, 2.05) is 0 Å². The number of rotatable bonds is 2. The van der Waals surface area contributed by atoms with Gasteiger partial charge in [-0.1, -0.05) is 27.7 Å². The fourth-order valence-electron chi connectivity index (χ4n) is 1.14. The minimum absolute atomic E-state index is 1.12. The van der Waals surface area contributed by atoms with Crippen LogP contribution in [0.3, 0.4) is 0 Å². The lowest BCUT2D eigenvalue weighted by Gasteiger charge is -2.01. The number of hydrogen-bond donors (Lipinski definition) is 0. The van der Waals surface area contributed by atoms with Gasteiger partial charge < -0.3 is 0 Å². The van der Waals surface area contributed by atoms with E-state index in [4.69, 9.17) is 0 Å². The Labute approximate surface area is 116 Å². The topological polar surface area (TPSA) is 0 Å². The van der Waals surface area contributed by atoms with Gasteiger partial charge in [0.05, 0.1) is 0 Å². The molecule has 0 aliphatic heterocycles. The van der Waals surface area contributed by atoms with Crippen LogP contribution in [0.25, 0.3) is 0 Å². The highest BCUT2D eigenvalue weighted by Crippen LogP contribution is 2.28. The molecule has 0 atom stereocenters. The summed E-state index contributed by atoms with van der Waals surface area (Å²) in [5, 5.41) is 0. The van der Waals surface area contributed by atoms with Crippen LogP contribution in [0, 0.1) is 3.57 Å². The van der Waals surface area contributed by atoms with Crippen molar-refractivity contribution in [2.75, 3.05) is 0 Å². The molecule has 76 valence electrons. The Morgan fingerprint density at radius 3 is 1.80 bits per heavy atom. The molecule has 0 unspecified atom stereocenters. The average Bonchev–Trinajstić information content (AvgIpc) is 2.25. The second-order valence-corrected chi connectivity index (χ2v) is 6.32. The molecular weight excluding hydrogens is 383 g/mol. The van der Waals surface area contributed by atoms with E-state index in [0.29, 0.717) is 0 Å². The molecule has 15 heavy (non-hydrogen) atoms. The third kappa shape index (κ3) is 3.50. The van der Waals surface area contributed by atoms with E-state index in [2.05, 4.69) is 87.1 Å². The molecule has 0 aromatic heterocycles. The van der Waals surface area contributed by atoms with E-state index < -0.39 is 0 Å². The third-order valence-electron chi connectivity index (χ3n) is 1.86. The molecule has 0 N–H and O–H groups in total. The van der Waals surface area contributed by atoms with Crippen LogP contribution in [-0.4, -0.2) is 0 Å². The SMILES string of the molecule is Brc1ccc(Sc2ccc(I)cc2)cc1. The standard InChI is InChI=1S/C12H8BrIS/c13-9-1-5-11(6-2-9)15-12-7-3-10(14)4-8-12/h1-8H. The molecule has 2 aromatic rings. The first-order chi connectivity index (χ1) is 7.24. The van der Waals surface area contributed by atoms with E-state index in [1.165, 1.54) is 13.4 Å². The maximum absolute atomic E-state index is 3.43. The Morgan fingerprint density at radius 1 is 0.800 bits per heavy atom. The van der Waals surface area contributed by atoms with Crippen LogP contribution in [0.2, 0.25) is 0 Å². The first kappa shape index (κ1) is 11.5. The van der Waals surface area contributed by atoms with Crippen LogP contribution in [0.1, 0.15) is 0 Å². The molecule has 0 amide bonds. The van der Waals surface area contributed by atoms with Crippen molar-refractivity contribution < 1.29 is 0 Å². The Morgan fingerprint density at radius 2 is 1.27 bits per heavy atom. The van der Waals surface area contributed by atoms with Crippen molar-refractivity contribution in [1.82, 2.24) is 0 Å². The maximum atomic E-state index is 3.43. The van der Waals surface area contributed by atoms with Gasteiger partial charge in [0.15, 0.2) is 0 Å². The van der Waals surface area contributed by atoms with Gasteiger partial charge in [0.2, 0.25) is 0 Å². The van der Waals surface area contributed by atoms with Crippen molar-refractivity contribution in [2.45, 2.75) is 9.79 Å². The lowest BCUT2D eigenvalue weighted by atomic mass is 10.4. The van der Waals surface area contributed by atoms with Gasteiger partial charge in [0.1, 0.15) is 0 Å². The molecule has 0 spiro atoms. The minimum Gasteiger partial charge on any atom is -0.0901 e. The van der Waals surface area contributed by atoms with E-state index in [0.717, 1.165) is 4.47 Å². The van der Waals surface area contributed by atoms with Crippen molar-refractivity contribution in [2.24, 2.45) is 0 Å². The summed E-state index contributed by atoms with van der Waals surface area (Å²) < 4.78 is 2.39. The molecule has 0 fully saturated rings. The van der Waals surface area contributed by atoms with Crippen LogP contribution >= 0.6 is 50.3 Å². The highest BCUT2D eigenvalue weighted by Gasteiger charge is 1.96. The molecule has 0 radical (unpaired) electrons. The van der Waals surface area contributed by atoms with Gasteiger partial charge in [-0.05, 0) is 71.1 Å². The zero-order valence-electron chi connectivity index (χ0n) is 7.78. The fraction of sp³-hybridized carbons (Fsp3) is 0. The molecule has 0 aliphatic rings. The van der Waals surface area contributed by atoms with E-state index in [-0.39, 0.29) is 0 Å². The lowest BCUT2D eigenvalue weighted by molar-refractivity contribution is 1.39. The maximum Gasteiger partial charge on any atom is 0.0176 e. The lowest BCUT2D eigenvalue weighted by Crippen LogP contribution is -1.74. The highest BCUT2D eigenvalue weighted by atomic mass is 127. The molecule has 3 heteroatoms. The smallest absolute Gasteiger partial charge is 0.0176 e. The van der Waals surface area contributed by atoms with Gasteiger partial charge in [-0.25, -0.2) is 0 Å². The third-order valence-corrected chi connectivity index (χ3v) is 4.13. The first-order valence-corrected chi connectivity index (χ1v) is 7.12. The Bertz CT molecular complexity index is 393. The Balaban J connectivity index is 2.15. The summed E-state index contributed by atoms with van der Waals surface area (Å²) in [6.45, 7) is 0. The summed E-state index contributed by atoms with van der Waals surface area (Å²) in [6.07, 6.45) is 0. The minimum atomic E-state index is 1.12. The van der Waals surface area contributed by atoms with Crippen LogP contribution in [0.4, 0.5) is 0 Å². The average molecular weight is 391 g/mol. The summed E-state index contributed by atoms with van der Waals surface area (Å²) in [4.78, 5) is 2.54. The number of benzene rings is 2. The summed E-state index contributed by atoms with van der Waals surface area (Å²) in [6, 6.07) is 16.9. The van der Waals surface area contributed by atoms with Gasteiger partial charge in [-0.2, -0.15) is 0 Å². The van der Waals surface area contributed by atoms with Crippen molar-refractivity contribution in [1.29, 1.82) is 0 Å². The van der Waals surface area contributed by atoms with Gasteiger partial charge in [0, 0.05) is 17.8 Å². The number of halogens is 2. The van der Waals surface area contributed by atoms with Crippen LogP contribution in [0.5, 0.6) is 0 Å². The molecule has 0 saturated carbocycles. The fourth-order valence-corrected chi connectivity index (χ4v) is 2.58. The van der Waals surface area contributed by atoms with Crippen LogP contribution in [-0.2, 0) is 0 Å².